The quantitative estimate of drug-likeness (QED) is 0.459. The molecule has 0 aromatic rings. The van der Waals surface area contributed by atoms with Gasteiger partial charge in [0.25, 0.3) is 0 Å². The molecule has 0 bridgehead atoms. The van der Waals surface area contributed by atoms with Gasteiger partial charge in [-0.2, -0.15) is 0 Å². The van der Waals surface area contributed by atoms with E-state index in [0.717, 1.165) is 0 Å². The molecular formula is C4H13ClO3Si. The molecule has 0 aromatic carbocycles. The van der Waals surface area contributed by atoms with E-state index in [9.17, 15) is 0 Å². The molecule has 0 aromatic heterocycles. The van der Waals surface area contributed by atoms with Gasteiger partial charge in [0.2, 0.25) is 0 Å². The molecule has 9 heavy (non-hydrogen) atoms. The zero-order chi connectivity index (χ0) is 7.70. The molecule has 0 rings (SSSR count). The molecule has 0 saturated carbocycles. The van der Waals surface area contributed by atoms with E-state index in [1.165, 1.54) is 6.38 Å². The Kier molecular flexibility index (Phi) is 15.1. The van der Waals surface area contributed by atoms with Crippen molar-refractivity contribution in [3.63, 3.8) is 0 Å². The molecule has 5 heteroatoms. The molecule has 0 heterocycles. The lowest BCUT2D eigenvalue weighted by molar-refractivity contribution is 0.163. The van der Waals surface area contributed by atoms with Crippen LogP contribution in [0.5, 0.6) is 0 Å². The van der Waals surface area contributed by atoms with Crippen LogP contribution in [0.2, 0.25) is 0 Å². The SMILES string of the molecule is CCl.CO[SiH](OC)OC. The first-order valence-electron chi connectivity index (χ1n) is 2.31. The monoisotopic (exact) mass is 172 g/mol. The lowest BCUT2D eigenvalue weighted by atomic mass is 11.8. The summed E-state index contributed by atoms with van der Waals surface area (Å²) in [6.45, 7) is 0. The summed E-state index contributed by atoms with van der Waals surface area (Å²) in [5.41, 5.74) is 0. The highest BCUT2D eigenvalue weighted by Crippen LogP contribution is 1.81. The van der Waals surface area contributed by atoms with Crippen LogP contribution in [0.3, 0.4) is 0 Å². The van der Waals surface area contributed by atoms with Gasteiger partial charge in [0.05, 0.1) is 0 Å². The highest BCUT2D eigenvalue weighted by molar-refractivity contribution is 6.36. The van der Waals surface area contributed by atoms with E-state index in [2.05, 4.69) is 11.6 Å². The van der Waals surface area contributed by atoms with Gasteiger partial charge in [0.15, 0.2) is 0 Å². The van der Waals surface area contributed by atoms with Crippen LogP contribution in [0.15, 0.2) is 0 Å². The van der Waals surface area contributed by atoms with Crippen LogP contribution in [-0.2, 0) is 13.3 Å². The van der Waals surface area contributed by atoms with Gasteiger partial charge in [-0.1, -0.05) is 0 Å². The Morgan fingerprint density at radius 2 is 1.11 bits per heavy atom. The first kappa shape index (κ1) is 12.1. The molecule has 0 aliphatic heterocycles. The summed E-state index contributed by atoms with van der Waals surface area (Å²) < 4.78 is 14.2. The van der Waals surface area contributed by atoms with Crippen molar-refractivity contribution in [1.82, 2.24) is 0 Å². The van der Waals surface area contributed by atoms with E-state index < -0.39 is 9.53 Å². The molecule has 0 unspecified atom stereocenters. The van der Waals surface area contributed by atoms with Crippen molar-refractivity contribution < 1.29 is 13.3 Å². The number of hydrogen-bond acceptors (Lipinski definition) is 3. The topological polar surface area (TPSA) is 27.7 Å². The molecule has 0 aliphatic carbocycles. The minimum atomic E-state index is -1.67. The van der Waals surface area contributed by atoms with E-state index in [4.69, 9.17) is 13.3 Å². The van der Waals surface area contributed by atoms with Crippen molar-refractivity contribution in [2.75, 3.05) is 27.7 Å². The first-order chi connectivity index (χ1) is 4.35. The summed E-state index contributed by atoms with van der Waals surface area (Å²) in [5.74, 6) is 0. The largest absolute Gasteiger partial charge is 0.483 e. The molecule has 0 radical (unpaired) electrons. The van der Waals surface area contributed by atoms with E-state index in [1.54, 1.807) is 21.3 Å². The minimum absolute atomic E-state index is 1.47. The van der Waals surface area contributed by atoms with Gasteiger partial charge in [-0.05, 0) is 0 Å². The van der Waals surface area contributed by atoms with Gasteiger partial charge in [-0.3, -0.25) is 0 Å². The Labute approximate surface area is 62.8 Å². The number of hydrogen-bond donors (Lipinski definition) is 0. The highest BCUT2D eigenvalue weighted by atomic mass is 35.5. The molecule has 0 fully saturated rings. The summed E-state index contributed by atoms with van der Waals surface area (Å²) in [7, 11) is 3.05. The molecule has 0 spiro atoms. The second-order valence-electron chi connectivity index (χ2n) is 0.996. The van der Waals surface area contributed by atoms with E-state index >= 15 is 0 Å². The predicted octanol–water partition coefficient (Wildman–Crippen LogP) is 0.498. The first-order valence-corrected chi connectivity index (χ1v) is 4.48. The van der Waals surface area contributed by atoms with E-state index in [-0.39, 0.29) is 0 Å². The van der Waals surface area contributed by atoms with Crippen LogP contribution in [0.1, 0.15) is 0 Å². The molecule has 0 amide bonds. The maximum atomic E-state index is 4.74. The molecule has 58 valence electrons. The van der Waals surface area contributed by atoms with Gasteiger partial charge in [-0.15, -0.1) is 11.6 Å². The van der Waals surface area contributed by atoms with Crippen molar-refractivity contribution in [2.45, 2.75) is 0 Å². The van der Waals surface area contributed by atoms with Crippen LogP contribution in [-0.4, -0.2) is 37.2 Å². The van der Waals surface area contributed by atoms with Crippen molar-refractivity contribution in [1.29, 1.82) is 0 Å². The van der Waals surface area contributed by atoms with Crippen molar-refractivity contribution in [3.05, 3.63) is 0 Å². The van der Waals surface area contributed by atoms with Crippen molar-refractivity contribution in [3.8, 4) is 0 Å². The Morgan fingerprint density at radius 1 is 0.889 bits per heavy atom. The highest BCUT2D eigenvalue weighted by Gasteiger charge is 2.04. The smallest absolute Gasteiger partial charge is 0.379 e. The average molecular weight is 173 g/mol. The van der Waals surface area contributed by atoms with Crippen LogP contribution in [0.4, 0.5) is 0 Å². The van der Waals surface area contributed by atoms with Crippen LogP contribution in [0.25, 0.3) is 0 Å². The standard InChI is InChI=1S/C3H10O3Si.CH3Cl/c1-4-7(5-2)6-3;1-2/h7H,1-3H3;1H3. The van der Waals surface area contributed by atoms with Gasteiger partial charge >= 0.3 is 9.53 Å². The Bertz CT molecular complexity index is 37.3. The van der Waals surface area contributed by atoms with Crippen LogP contribution >= 0.6 is 11.6 Å². The Morgan fingerprint density at radius 3 is 1.11 bits per heavy atom. The van der Waals surface area contributed by atoms with Gasteiger partial charge in [0.1, 0.15) is 0 Å². The third-order valence-corrected chi connectivity index (χ3v) is 1.73. The number of rotatable bonds is 3. The normalized spacial score (nSPS) is 8.67. The number of halogens is 1. The fourth-order valence-electron chi connectivity index (χ4n) is 0.289. The maximum absolute atomic E-state index is 4.74. The zero-order valence-electron chi connectivity index (χ0n) is 6.18. The van der Waals surface area contributed by atoms with E-state index in [0.29, 0.717) is 0 Å². The third-order valence-electron chi connectivity index (χ3n) is 0.577. The maximum Gasteiger partial charge on any atom is 0.483 e. The summed E-state index contributed by atoms with van der Waals surface area (Å²) in [6, 6.07) is 0. The summed E-state index contributed by atoms with van der Waals surface area (Å²) >= 11 is 4.64. The molecule has 0 atom stereocenters. The third kappa shape index (κ3) is 8.39. The van der Waals surface area contributed by atoms with Crippen molar-refractivity contribution in [2.24, 2.45) is 0 Å². The second-order valence-corrected chi connectivity index (χ2v) is 2.99. The van der Waals surface area contributed by atoms with Crippen molar-refractivity contribution >= 4 is 21.1 Å². The van der Waals surface area contributed by atoms with E-state index in [1.807, 2.05) is 0 Å². The lowest BCUT2D eigenvalue weighted by Gasteiger charge is -2.05. The fraction of sp³-hybridized carbons (Fsp3) is 1.00. The summed E-state index contributed by atoms with van der Waals surface area (Å²) in [5, 5.41) is 0. The van der Waals surface area contributed by atoms with Gasteiger partial charge < -0.3 is 13.3 Å². The zero-order valence-corrected chi connectivity index (χ0v) is 8.09. The van der Waals surface area contributed by atoms with Gasteiger partial charge in [0, 0.05) is 27.7 Å². The molecule has 0 aliphatic rings. The Balaban J connectivity index is 0. The summed E-state index contributed by atoms with van der Waals surface area (Å²) in [4.78, 5) is 0. The molecule has 0 N–H and O–H groups in total. The molecular weight excluding hydrogens is 160 g/mol. The number of alkyl halides is 1. The molecule has 3 nitrogen and oxygen atoms in total. The lowest BCUT2D eigenvalue weighted by Crippen LogP contribution is -2.21. The van der Waals surface area contributed by atoms with Crippen LogP contribution in [0, 0.1) is 0 Å². The predicted molar refractivity (Wildman–Crippen MR) is 40.0 cm³/mol. The Hall–Kier alpha value is 0.387. The minimum Gasteiger partial charge on any atom is -0.379 e. The summed E-state index contributed by atoms with van der Waals surface area (Å²) in [6.07, 6.45) is 1.47. The van der Waals surface area contributed by atoms with Crippen LogP contribution < -0.4 is 0 Å². The fourth-order valence-corrected chi connectivity index (χ4v) is 0.866. The van der Waals surface area contributed by atoms with Gasteiger partial charge in [-0.25, -0.2) is 0 Å². The second kappa shape index (κ2) is 11.2. The molecule has 0 saturated heterocycles. The average Bonchev–Trinajstić information content (AvgIpc) is 1.96.